The van der Waals surface area contributed by atoms with Crippen LogP contribution in [0.2, 0.25) is 0 Å². The van der Waals surface area contributed by atoms with E-state index in [1.54, 1.807) is 30.3 Å². The summed E-state index contributed by atoms with van der Waals surface area (Å²) >= 11 is 0. The summed E-state index contributed by atoms with van der Waals surface area (Å²) in [5.41, 5.74) is 0. The second kappa shape index (κ2) is 4.84. The van der Waals surface area contributed by atoms with Crippen molar-refractivity contribution in [2.75, 3.05) is 0 Å². The van der Waals surface area contributed by atoms with Crippen LogP contribution in [0.3, 0.4) is 0 Å². The Hall–Kier alpha value is -2.08. The monoisotopic (exact) mass is 251 g/mol. The zero-order valence-corrected chi connectivity index (χ0v) is 9.50. The van der Waals surface area contributed by atoms with Crippen molar-refractivity contribution < 1.29 is 17.1 Å². The van der Waals surface area contributed by atoms with Gasteiger partial charge in [0, 0.05) is 0 Å². The molecular formula is C11H9NO4S. The van der Waals surface area contributed by atoms with Gasteiger partial charge in [-0.2, -0.15) is 8.42 Å². The van der Waals surface area contributed by atoms with Gasteiger partial charge in [0.15, 0.2) is 0 Å². The van der Waals surface area contributed by atoms with Crippen molar-refractivity contribution >= 4 is 16.3 Å². The van der Waals surface area contributed by atoms with Gasteiger partial charge >= 0.3 is 10.1 Å². The van der Waals surface area contributed by atoms with Gasteiger partial charge < -0.3 is 4.42 Å². The number of nitrogens with zero attached hydrogens (tertiary/aromatic N) is 1. The molecule has 0 atom stereocenters. The Morgan fingerprint density at radius 2 is 1.88 bits per heavy atom. The Kier molecular flexibility index (Phi) is 3.24. The third-order valence-corrected chi connectivity index (χ3v) is 3.03. The van der Waals surface area contributed by atoms with Gasteiger partial charge in [-0.15, -0.1) is 0 Å². The van der Waals surface area contributed by atoms with Crippen LogP contribution in [0.5, 0.6) is 0 Å². The minimum atomic E-state index is -3.85. The average Bonchev–Trinajstić information content (AvgIpc) is 2.83. The van der Waals surface area contributed by atoms with Gasteiger partial charge in [-0.1, -0.05) is 23.4 Å². The predicted molar refractivity (Wildman–Crippen MR) is 61.0 cm³/mol. The highest BCUT2D eigenvalue weighted by Gasteiger charge is 2.14. The maximum Gasteiger partial charge on any atom is 0.358 e. The smallest absolute Gasteiger partial charge is 0.358 e. The molecule has 0 aliphatic heterocycles. The molecule has 2 rings (SSSR count). The Morgan fingerprint density at radius 1 is 1.12 bits per heavy atom. The summed E-state index contributed by atoms with van der Waals surface area (Å²) in [5.74, 6) is 0.410. The summed E-state index contributed by atoms with van der Waals surface area (Å²) in [6.45, 7) is 0. The Bertz CT molecular complexity index is 588. The van der Waals surface area contributed by atoms with E-state index in [0.29, 0.717) is 5.76 Å². The van der Waals surface area contributed by atoms with Crippen molar-refractivity contribution in [1.29, 1.82) is 0 Å². The van der Waals surface area contributed by atoms with Crippen LogP contribution in [0.4, 0.5) is 0 Å². The fourth-order valence-electron chi connectivity index (χ4n) is 1.13. The lowest BCUT2D eigenvalue weighted by Gasteiger charge is -1.99. The molecule has 0 aliphatic rings. The lowest BCUT2D eigenvalue weighted by Crippen LogP contribution is -2.02. The Morgan fingerprint density at radius 3 is 2.53 bits per heavy atom. The number of hydrogen-bond donors (Lipinski definition) is 0. The van der Waals surface area contributed by atoms with Crippen LogP contribution in [-0.2, 0) is 14.4 Å². The minimum Gasteiger partial charge on any atom is -0.463 e. The zero-order chi connectivity index (χ0) is 12.1. The molecule has 0 saturated carbocycles. The molecule has 1 aromatic heterocycles. The number of rotatable bonds is 4. The molecule has 5 nitrogen and oxygen atoms in total. The highest BCUT2D eigenvalue weighted by Crippen LogP contribution is 2.11. The Balaban J connectivity index is 2.09. The maximum atomic E-state index is 11.6. The summed E-state index contributed by atoms with van der Waals surface area (Å²) in [7, 11) is -3.85. The first-order valence-electron chi connectivity index (χ1n) is 4.74. The molecular weight excluding hydrogens is 242 g/mol. The average molecular weight is 251 g/mol. The third-order valence-electron chi connectivity index (χ3n) is 1.90. The number of furan rings is 1. The van der Waals surface area contributed by atoms with E-state index in [-0.39, 0.29) is 4.90 Å². The van der Waals surface area contributed by atoms with E-state index in [1.807, 2.05) is 0 Å². The van der Waals surface area contributed by atoms with E-state index in [1.165, 1.54) is 24.6 Å². The molecule has 0 fully saturated rings. The van der Waals surface area contributed by atoms with Crippen LogP contribution in [0.25, 0.3) is 0 Å². The molecule has 6 heteroatoms. The fourth-order valence-corrected chi connectivity index (χ4v) is 1.86. The van der Waals surface area contributed by atoms with Gasteiger partial charge in [0.1, 0.15) is 16.9 Å². The van der Waals surface area contributed by atoms with Crippen LogP contribution in [-0.4, -0.2) is 14.6 Å². The van der Waals surface area contributed by atoms with E-state index in [4.69, 9.17) is 4.42 Å². The molecule has 0 amide bonds. The first kappa shape index (κ1) is 11.4. The van der Waals surface area contributed by atoms with Crippen molar-refractivity contribution in [2.45, 2.75) is 4.90 Å². The summed E-state index contributed by atoms with van der Waals surface area (Å²) < 4.78 is 32.6. The molecule has 0 unspecified atom stereocenters. The summed E-state index contributed by atoms with van der Waals surface area (Å²) in [4.78, 5) is 0.0524. The van der Waals surface area contributed by atoms with Gasteiger partial charge in [-0.3, -0.25) is 4.28 Å². The van der Waals surface area contributed by atoms with Crippen LogP contribution < -0.4 is 0 Å². The molecule has 2 aromatic rings. The lowest BCUT2D eigenvalue weighted by atomic mass is 10.4. The number of benzene rings is 1. The standard InChI is InChI=1S/C11H9NO4S/c13-17(14,11-6-2-1-3-7-11)16-12-9-10-5-4-8-15-10/h1-9H. The Labute approximate surface area is 98.4 Å². The third kappa shape index (κ3) is 2.94. The molecule has 88 valence electrons. The van der Waals surface area contributed by atoms with Crippen LogP contribution in [0.15, 0.2) is 63.2 Å². The van der Waals surface area contributed by atoms with Gasteiger partial charge in [0.05, 0.1) is 6.26 Å². The second-order valence-corrected chi connectivity index (χ2v) is 4.62. The zero-order valence-electron chi connectivity index (χ0n) is 8.68. The van der Waals surface area contributed by atoms with Gasteiger partial charge in [0.25, 0.3) is 0 Å². The van der Waals surface area contributed by atoms with Crippen LogP contribution >= 0.6 is 0 Å². The molecule has 0 radical (unpaired) electrons. The molecule has 0 saturated heterocycles. The molecule has 0 aliphatic carbocycles. The van der Waals surface area contributed by atoms with Crippen LogP contribution in [0.1, 0.15) is 5.76 Å². The van der Waals surface area contributed by atoms with Crippen molar-refractivity contribution in [2.24, 2.45) is 5.16 Å². The van der Waals surface area contributed by atoms with Gasteiger partial charge in [-0.25, -0.2) is 0 Å². The van der Waals surface area contributed by atoms with E-state index in [2.05, 4.69) is 9.44 Å². The van der Waals surface area contributed by atoms with Crippen LogP contribution in [0, 0.1) is 0 Å². The molecule has 0 spiro atoms. The fraction of sp³-hybridized carbons (Fsp3) is 0. The summed E-state index contributed by atoms with van der Waals surface area (Å²) in [6, 6.07) is 11.1. The van der Waals surface area contributed by atoms with E-state index in [0.717, 1.165) is 0 Å². The van der Waals surface area contributed by atoms with Crippen molar-refractivity contribution in [3.63, 3.8) is 0 Å². The molecule has 1 heterocycles. The normalized spacial score (nSPS) is 11.8. The van der Waals surface area contributed by atoms with Gasteiger partial charge in [0.2, 0.25) is 0 Å². The summed E-state index contributed by atoms with van der Waals surface area (Å²) in [5, 5.41) is 3.36. The predicted octanol–water partition coefficient (Wildman–Crippen LogP) is 2.02. The topological polar surface area (TPSA) is 68.9 Å². The minimum absolute atomic E-state index is 0.0524. The maximum absolute atomic E-state index is 11.6. The van der Waals surface area contributed by atoms with E-state index < -0.39 is 10.1 Å². The molecule has 17 heavy (non-hydrogen) atoms. The lowest BCUT2D eigenvalue weighted by molar-refractivity contribution is 0.340. The SMILES string of the molecule is O=S(=O)(ON=Cc1ccco1)c1ccccc1. The van der Waals surface area contributed by atoms with E-state index in [9.17, 15) is 8.42 Å². The number of hydrogen-bond acceptors (Lipinski definition) is 5. The van der Waals surface area contributed by atoms with E-state index >= 15 is 0 Å². The van der Waals surface area contributed by atoms with Gasteiger partial charge in [-0.05, 0) is 24.3 Å². The molecule has 0 N–H and O–H groups in total. The largest absolute Gasteiger partial charge is 0.463 e. The first-order valence-corrected chi connectivity index (χ1v) is 6.15. The molecule has 1 aromatic carbocycles. The van der Waals surface area contributed by atoms with Crippen molar-refractivity contribution in [3.05, 3.63) is 54.5 Å². The number of oxime groups is 1. The second-order valence-electron chi connectivity index (χ2n) is 3.09. The van der Waals surface area contributed by atoms with Crippen molar-refractivity contribution in [1.82, 2.24) is 0 Å². The quantitative estimate of drug-likeness (QED) is 0.615. The first-order chi connectivity index (χ1) is 8.18. The highest BCUT2D eigenvalue weighted by atomic mass is 32.2. The highest BCUT2D eigenvalue weighted by molar-refractivity contribution is 7.86. The summed E-state index contributed by atoms with van der Waals surface area (Å²) in [6.07, 6.45) is 2.63. The molecule has 0 bridgehead atoms. The van der Waals surface area contributed by atoms with Crippen molar-refractivity contribution in [3.8, 4) is 0 Å².